The first-order chi connectivity index (χ1) is 7.95. The number of nitrogens with zero attached hydrogens (tertiary/aromatic N) is 2. The summed E-state index contributed by atoms with van der Waals surface area (Å²) < 4.78 is 2.51. The summed E-state index contributed by atoms with van der Waals surface area (Å²) >= 11 is 7.45. The van der Waals surface area contributed by atoms with Gasteiger partial charge in [-0.05, 0) is 0 Å². The Morgan fingerprint density at radius 2 is 1.44 bits per heavy atom. The summed E-state index contributed by atoms with van der Waals surface area (Å²) in [5.41, 5.74) is 0. The van der Waals surface area contributed by atoms with E-state index in [1.54, 1.807) is 0 Å². The molecule has 88 valence electrons. The quantitative estimate of drug-likeness (QED) is 0.742. The SMILES string of the molecule is C(=C\CSC1=NCCS1)/CSC1=NCCS1. The zero-order valence-corrected chi connectivity index (χ0v) is 12.2. The lowest BCUT2D eigenvalue weighted by molar-refractivity contribution is 1.18. The maximum absolute atomic E-state index is 4.40. The molecule has 2 aliphatic heterocycles. The Kier molecular flexibility index (Phi) is 6.25. The van der Waals surface area contributed by atoms with Gasteiger partial charge in [0.05, 0.1) is 13.1 Å². The van der Waals surface area contributed by atoms with Gasteiger partial charge in [-0.3, -0.25) is 9.98 Å². The molecule has 0 aromatic rings. The molecule has 6 heteroatoms. The molecule has 0 aromatic carbocycles. The molecule has 0 unspecified atom stereocenters. The van der Waals surface area contributed by atoms with Crippen LogP contribution in [0, 0.1) is 0 Å². The van der Waals surface area contributed by atoms with E-state index in [9.17, 15) is 0 Å². The highest BCUT2D eigenvalue weighted by Gasteiger charge is 2.06. The first-order valence-electron chi connectivity index (χ1n) is 5.20. The highest BCUT2D eigenvalue weighted by Crippen LogP contribution is 2.23. The molecule has 2 heterocycles. The fraction of sp³-hybridized carbons (Fsp3) is 0.600. The summed E-state index contributed by atoms with van der Waals surface area (Å²) in [6, 6.07) is 0. The van der Waals surface area contributed by atoms with Crippen LogP contribution in [0.25, 0.3) is 0 Å². The van der Waals surface area contributed by atoms with Gasteiger partial charge in [0.25, 0.3) is 0 Å². The van der Waals surface area contributed by atoms with E-state index in [0.717, 1.165) is 24.6 Å². The second-order valence-electron chi connectivity index (χ2n) is 3.09. The van der Waals surface area contributed by atoms with Crippen LogP contribution < -0.4 is 0 Å². The summed E-state index contributed by atoms with van der Waals surface area (Å²) in [5, 5.41) is 0. The number of hydrogen-bond donors (Lipinski definition) is 0. The Balaban J connectivity index is 1.52. The van der Waals surface area contributed by atoms with E-state index in [1.807, 2.05) is 47.0 Å². The van der Waals surface area contributed by atoms with E-state index >= 15 is 0 Å². The molecule has 0 bridgehead atoms. The number of rotatable bonds is 4. The van der Waals surface area contributed by atoms with Gasteiger partial charge in [-0.25, -0.2) is 0 Å². The van der Waals surface area contributed by atoms with E-state index in [1.165, 1.54) is 20.3 Å². The monoisotopic (exact) mass is 290 g/mol. The Hall–Kier alpha value is 0.480. The highest BCUT2D eigenvalue weighted by atomic mass is 32.2. The Morgan fingerprint density at radius 3 is 1.81 bits per heavy atom. The maximum atomic E-state index is 4.40. The fourth-order valence-corrected chi connectivity index (χ4v) is 4.95. The first-order valence-corrected chi connectivity index (χ1v) is 9.14. The van der Waals surface area contributed by atoms with E-state index < -0.39 is 0 Å². The van der Waals surface area contributed by atoms with Crippen molar-refractivity contribution in [3.8, 4) is 0 Å². The van der Waals surface area contributed by atoms with Crippen molar-refractivity contribution in [1.29, 1.82) is 0 Å². The van der Waals surface area contributed by atoms with Crippen LogP contribution in [0.3, 0.4) is 0 Å². The molecule has 2 rings (SSSR count). The van der Waals surface area contributed by atoms with Crippen LogP contribution in [0.15, 0.2) is 22.1 Å². The van der Waals surface area contributed by atoms with Crippen LogP contribution in [0.1, 0.15) is 0 Å². The van der Waals surface area contributed by atoms with E-state index in [2.05, 4.69) is 22.1 Å². The first kappa shape index (κ1) is 12.9. The third-order valence-electron chi connectivity index (χ3n) is 1.89. The Bertz CT molecular complexity index is 282. The van der Waals surface area contributed by atoms with E-state index in [4.69, 9.17) is 0 Å². The zero-order valence-electron chi connectivity index (χ0n) is 8.92. The Labute approximate surface area is 114 Å². The lowest BCUT2D eigenvalue weighted by Crippen LogP contribution is -1.83. The van der Waals surface area contributed by atoms with Crippen LogP contribution in [0.2, 0.25) is 0 Å². The van der Waals surface area contributed by atoms with Gasteiger partial charge in [0.1, 0.15) is 8.75 Å². The molecule has 2 aliphatic rings. The summed E-state index contributed by atoms with van der Waals surface area (Å²) in [7, 11) is 0. The zero-order chi connectivity index (χ0) is 11.1. The number of thioether (sulfide) groups is 4. The Morgan fingerprint density at radius 1 is 0.938 bits per heavy atom. The van der Waals surface area contributed by atoms with Gasteiger partial charge >= 0.3 is 0 Å². The minimum Gasteiger partial charge on any atom is -0.271 e. The lowest BCUT2D eigenvalue weighted by atomic mass is 10.6. The molecule has 2 nitrogen and oxygen atoms in total. The van der Waals surface area contributed by atoms with Gasteiger partial charge in [-0.2, -0.15) is 0 Å². The topological polar surface area (TPSA) is 24.7 Å². The fourth-order valence-electron chi connectivity index (χ4n) is 1.18. The van der Waals surface area contributed by atoms with Crippen molar-refractivity contribution in [2.24, 2.45) is 9.98 Å². The van der Waals surface area contributed by atoms with Crippen LogP contribution in [-0.2, 0) is 0 Å². The largest absolute Gasteiger partial charge is 0.271 e. The molecule has 0 amide bonds. The van der Waals surface area contributed by atoms with Crippen molar-refractivity contribution in [2.45, 2.75) is 0 Å². The van der Waals surface area contributed by atoms with Crippen molar-refractivity contribution in [3.05, 3.63) is 12.2 Å². The van der Waals surface area contributed by atoms with Gasteiger partial charge in [0.2, 0.25) is 0 Å². The molecule has 0 fully saturated rings. The average Bonchev–Trinajstić information content (AvgIpc) is 2.96. The molecule has 0 radical (unpaired) electrons. The molecule has 0 saturated heterocycles. The van der Waals surface area contributed by atoms with E-state index in [0.29, 0.717) is 0 Å². The second-order valence-corrected chi connectivity index (χ2v) is 7.79. The van der Waals surface area contributed by atoms with Gasteiger partial charge in [0.15, 0.2) is 0 Å². The average molecular weight is 291 g/mol. The van der Waals surface area contributed by atoms with Crippen molar-refractivity contribution in [2.75, 3.05) is 36.1 Å². The molecule has 0 aromatic heterocycles. The van der Waals surface area contributed by atoms with Gasteiger partial charge in [-0.15, -0.1) is 0 Å². The third kappa shape index (κ3) is 4.77. The van der Waals surface area contributed by atoms with Crippen molar-refractivity contribution < 1.29 is 0 Å². The highest BCUT2D eigenvalue weighted by molar-refractivity contribution is 8.39. The van der Waals surface area contributed by atoms with Crippen LogP contribution in [-0.4, -0.2) is 44.9 Å². The standard InChI is InChI=1S/C10H14N2S4/c1(5-13-9-11-3-7-15-9)2-6-14-10-12-4-8-16-10/h1-2H,3-8H2/b2-1+. The van der Waals surface area contributed by atoms with Crippen LogP contribution >= 0.6 is 47.0 Å². The molecule has 0 aliphatic carbocycles. The van der Waals surface area contributed by atoms with Crippen molar-refractivity contribution in [1.82, 2.24) is 0 Å². The minimum atomic E-state index is 1.00. The van der Waals surface area contributed by atoms with Crippen LogP contribution in [0.4, 0.5) is 0 Å². The molecular formula is C10H14N2S4. The summed E-state index contributed by atoms with van der Waals surface area (Å²) in [4.78, 5) is 8.80. The predicted molar refractivity (Wildman–Crippen MR) is 83.6 cm³/mol. The molecule has 16 heavy (non-hydrogen) atoms. The van der Waals surface area contributed by atoms with E-state index in [-0.39, 0.29) is 0 Å². The van der Waals surface area contributed by atoms with Crippen molar-refractivity contribution >= 4 is 55.8 Å². The summed E-state index contributed by atoms with van der Waals surface area (Å²) in [5.74, 6) is 4.43. The lowest BCUT2D eigenvalue weighted by Gasteiger charge is -1.95. The van der Waals surface area contributed by atoms with Crippen molar-refractivity contribution in [3.63, 3.8) is 0 Å². The number of hydrogen-bond acceptors (Lipinski definition) is 6. The normalized spacial score (nSPS) is 20.5. The van der Waals surface area contributed by atoms with Gasteiger partial charge in [0, 0.05) is 23.0 Å². The third-order valence-corrected chi connectivity index (χ3v) is 6.30. The van der Waals surface area contributed by atoms with Gasteiger partial charge < -0.3 is 0 Å². The number of aliphatic imine (C=N–C) groups is 2. The second kappa shape index (κ2) is 7.74. The van der Waals surface area contributed by atoms with Crippen LogP contribution in [0.5, 0.6) is 0 Å². The maximum Gasteiger partial charge on any atom is 0.124 e. The minimum absolute atomic E-state index is 1.00. The smallest absolute Gasteiger partial charge is 0.124 e. The predicted octanol–water partition coefficient (Wildman–Crippen LogP) is 3.21. The summed E-state index contributed by atoms with van der Waals surface area (Å²) in [6.45, 7) is 2.01. The summed E-state index contributed by atoms with van der Waals surface area (Å²) in [6.07, 6.45) is 4.47. The van der Waals surface area contributed by atoms with Gasteiger partial charge in [-0.1, -0.05) is 59.2 Å². The molecular weight excluding hydrogens is 276 g/mol. The molecule has 0 N–H and O–H groups in total. The molecule has 0 saturated carbocycles. The molecule has 0 atom stereocenters. The molecule has 0 spiro atoms.